The lowest BCUT2D eigenvalue weighted by molar-refractivity contribution is -0.102. The van der Waals surface area contributed by atoms with Crippen LogP contribution >= 0.6 is 0 Å². The molecule has 0 aliphatic carbocycles. The molecule has 1 N–H and O–H groups in total. The summed E-state index contributed by atoms with van der Waals surface area (Å²) < 4.78 is 0. The molecule has 0 radical (unpaired) electrons. The number of hydrogen-bond acceptors (Lipinski definition) is 4. The van der Waals surface area contributed by atoms with Gasteiger partial charge in [-0.3, -0.25) is 0 Å². The number of hydrogen-bond donors (Lipinski definition) is 1. The highest BCUT2D eigenvalue weighted by molar-refractivity contribution is 5.94. The fraction of sp³-hybridized carbons (Fsp3) is 0.353. The summed E-state index contributed by atoms with van der Waals surface area (Å²) in [6, 6.07) is 14.8. The average Bonchev–Trinajstić information content (AvgIpc) is 2.55. The number of nitrogens with zero attached hydrogens (tertiary/aromatic N) is 2. The van der Waals surface area contributed by atoms with Crippen molar-refractivity contribution in [2.45, 2.75) is 6.92 Å². The van der Waals surface area contributed by atoms with E-state index in [-0.39, 0.29) is 6.09 Å². The highest BCUT2D eigenvalue weighted by Gasteiger charge is 2.21. The zero-order valence-electron chi connectivity index (χ0n) is 12.8. The Hall–Kier alpha value is -2.27. The van der Waals surface area contributed by atoms with Crippen molar-refractivity contribution in [2.24, 2.45) is 0 Å². The fourth-order valence-electron chi connectivity index (χ4n) is 2.80. The zero-order valence-corrected chi connectivity index (χ0v) is 12.8. The molecular formula is C17H21N3O2. The summed E-state index contributed by atoms with van der Waals surface area (Å²) >= 11 is 0. The third kappa shape index (κ3) is 3.14. The van der Waals surface area contributed by atoms with Gasteiger partial charge in [-0.25, -0.2) is 4.79 Å². The predicted molar refractivity (Wildman–Crippen MR) is 87.9 cm³/mol. The molecule has 3 rings (SSSR count). The van der Waals surface area contributed by atoms with E-state index in [1.807, 2.05) is 6.92 Å². The van der Waals surface area contributed by atoms with Gasteiger partial charge >= 0.3 is 6.09 Å². The van der Waals surface area contributed by atoms with Crippen molar-refractivity contribution in [3.05, 3.63) is 42.5 Å². The molecule has 0 atom stereocenters. The number of nitrogens with one attached hydrogen (secondary N) is 1. The molecule has 0 saturated carbocycles. The van der Waals surface area contributed by atoms with Crippen LogP contribution in [0.5, 0.6) is 0 Å². The summed E-state index contributed by atoms with van der Waals surface area (Å²) in [6.07, 6.45) is -0.374. The van der Waals surface area contributed by atoms with E-state index < -0.39 is 0 Å². The molecule has 1 aliphatic heterocycles. The number of hydroxylamine groups is 2. The van der Waals surface area contributed by atoms with Gasteiger partial charge in [0.15, 0.2) is 0 Å². The van der Waals surface area contributed by atoms with Crippen LogP contribution in [0.25, 0.3) is 10.8 Å². The molecule has 1 fully saturated rings. The first-order valence-corrected chi connectivity index (χ1v) is 7.71. The normalized spacial score (nSPS) is 15.8. The maximum atomic E-state index is 11.4. The summed E-state index contributed by atoms with van der Waals surface area (Å²) in [5.74, 6) is 0. The second-order valence-electron chi connectivity index (χ2n) is 5.32. The smallest absolute Gasteiger partial charge is 0.368 e. The Morgan fingerprint density at radius 1 is 1.09 bits per heavy atom. The number of amides is 1. The van der Waals surface area contributed by atoms with Crippen molar-refractivity contribution < 1.29 is 9.63 Å². The average molecular weight is 299 g/mol. The minimum atomic E-state index is -0.374. The maximum Gasteiger partial charge on any atom is 0.426 e. The van der Waals surface area contributed by atoms with Crippen LogP contribution < -0.4 is 10.2 Å². The van der Waals surface area contributed by atoms with Gasteiger partial charge in [-0.15, -0.1) is 5.06 Å². The molecule has 116 valence electrons. The lowest BCUT2D eigenvalue weighted by Crippen LogP contribution is -2.48. The summed E-state index contributed by atoms with van der Waals surface area (Å²) in [7, 11) is 0. The quantitative estimate of drug-likeness (QED) is 0.946. The molecule has 1 saturated heterocycles. The monoisotopic (exact) mass is 299 g/mol. The van der Waals surface area contributed by atoms with Gasteiger partial charge in [0.1, 0.15) is 0 Å². The van der Waals surface area contributed by atoms with Crippen LogP contribution in [0.15, 0.2) is 42.5 Å². The fourth-order valence-corrected chi connectivity index (χ4v) is 2.80. The van der Waals surface area contributed by atoms with E-state index in [9.17, 15) is 4.79 Å². The van der Waals surface area contributed by atoms with Crippen LogP contribution in [-0.2, 0) is 4.84 Å². The van der Waals surface area contributed by atoms with Crippen LogP contribution in [0.4, 0.5) is 10.5 Å². The van der Waals surface area contributed by atoms with Crippen LogP contribution in [0.1, 0.15) is 6.92 Å². The Morgan fingerprint density at radius 3 is 2.59 bits per heavy atom. The molecule has 22 heavy (non-hydrogen) atoms. The summed E-state index contributed by atoms with van der Waals surface area (Å²) in [4.78, 5) is 19.1. The number of benzene rings is 2. The van der Waals surface area contributed by atoms with Gasteiger partial charge in [0, 0.05) is 30.7 Å². The molecule has 2 aromatic carbocycles. The topological polar surface area (TPSA) is 44.8 Å². The van der Waals surface area contributed by atoms with Crippen LogP contribution in [-0.4, -0.2) is 43.9 Å². The molecule has 5 heteroatoms. The maximum absolute atomic E-state index is 11.4. The number of rotatable bonds is 3. The molecule has 0 bridgehead atoms. The molecule has 5 nitrogen and oxygen atoms in total. The Morgan fingerprint density at radius 2 is 1.82 bits per heavy atom. The minimum absolute atomic E-state index is 0.374. The first-order chi connectivity index (χ1) is 10.8. The molecule has 1 heterocycles. The van der Waals surface area contributed by atoms with Crippen LogP contribution in [0.3, 0.4) is 0 Å². The van der Waals surface area contributed by atoms with Crippen molar-refractivity contribution in [1.82, 2.24) is 10.4 Å². The Balaban J connectivity index is 1.67. The van der Waals surface area contributed by atoms with Gasteiger partial charge in [-0.1, -0.05) is 36.4 Å². The van der Waals surface area contributed by atoms with Crippen molar-refractivity contribution >= 4 is 22.6 Å². The lowest BCUT2D eigenvalue weighted by atomic mass is 10.1. The molecule has 1 amide bonds. The molecular weight excluding hydrogens is 278 g/mol. The Bertz CT molecular complexity index is 646. The van der Waals surface area contributed by atoms with Gasteiger partial charge in [-0.2, -0.15) is 0 Å². The second-order valence-corrected chi connectivity index (χ2v) is 5.32. The van der Waals surface area contributed by atoms with E-state index in [2.05, 4.69) is 52.7 Å². The minimum Gasteiger partial charge on any atom is -0.368 e. The number of carbonyl (C=O) groups is 1. The highest BCUT2D eigenvalue weighted by Crippen LogP contribution is 2.27. The van der Waals surface area contributed by atoms with Gasteiger partial charge in [0.05, 0.1) is 13.1 Å². The van der Waals surface area contributed by atoms with Gasteiger partial charge in [-0.05, 0) is 18.4 Å². The number of anilines is 1. The highest BCUT2D eigenvalue weighted by atomic mass is 16.7. The van der Waals surface area contributed by atoms with E-state index in [0.717, 1.165) is 13.1 Å². The second kappa shape index (κ2) is 6.66. The van der Waals surface area contributed by atoms with Crippen LogP contribution in [0.2, 0.25) is 0 Å². The van der Waals surface area contributed by atoms with Gasteiger partial charge in [0.2, 0.25) is 0 Å². The van der Waals surface area contributed by atoms with Crippen molar-refractivity contribution in [1.29, 1.82) is 0 Å². The first kappa shape index (κ1) is 14.7. The lowest BCUT2D eigenvalue weighted by Gasteiger charge is -2.35. The number of carbonyl (C=O) groups excluding carboxylic acids is 1. The number of piperazine rings is 1. The standard InChI is InChI=1S/C17H21N3O2/c1-2-18-17(21)22-20-12-10-19(11-13-20)16-9-5-7-14-6-3-4-8-15(14)16/h3-9H,2,10-13H2,1H3,(H,18,21). The summed E-state index contributed by atoms with van der Waals surface area (Å²) in [6.45, 7) is 5.55. The van der Waals surface area contributed by atoms with Gasteiger partial charge in [0.25, 0.3) is 0 Å². The van der Waals surface area contributed by atoms with E-state index in [1.165, 1.54) is 16.5 Å². The third-order valence-electron chi connectivity index (χ3n) is 3.88. The van der Waals surface area contributed by atoms with Crippen molar-refractivity contribution in [2.75, 3.05) is 37.6 Å². The molecule has 0 unspecified atom stereocenters. The van der Waals surface area contributed by atoms with Crippen molar-refractivity contribution in [3.8, 4) is 0 Å². The first-order valence-electron chi connectivity index (χ1n) is 7.71. The van der Waals surface area contributed by atoms with Gasteiger partial charge < -0.3 is 15.1 Å². The Labute approximate surface area is 130 Å². The largest absolute Gasteiger partial charge is 0.426 e. The van der Waals surface area contributed by atoms with E-state index in [4.69, 9.17) is 4.84 Å². The predicted octanol–water partition coefficient (Wildman–Crippen LogP) is 2.62. The van der Waals surface area contributed by atoms with E-state index in [0.29, 0.717) is 19.6 Å². The SMILES string of the molecule is CCNC(=O)ON1CCN(c2cccc3ccccc23)CC1. The Kier molecular flexibility index (Phi) is 4.44. The summed E-state index contributed by atoms with van der Waals surface area (Å²) in [5.41, 5.74) is 1.25. The van der Waals surface area contributed by atoms with Crippen molar-refractivity contribution in [3.63, 3.8) is 0 Å². The molecule has 2 aromatic rings. The zero-order chi connectivity index (χ0) is 15.4. The molecule has 0 aromatic heterocycles. The molecule has 0 spiro atoms. The van der Waals surface area contributed by atoms with E-state index in [1.54, 1.807) is 5.06 Å². The van der Waals surface area contributed by atoms with E-state index >= 15 is 0 Å². The summed E-state index contributed by atoms with van der Waals surface area (Å²) in [5, 5.41) is 6.89. The van der Waals surface area contributed by atoms with Crippen LogP contribution in [0, 0.1) is 0 Å². The number of fused-ring (bicyclic) bond motifs is 1. The molecule has 1 aliphatic rings. The third-order valence-corrected chi connectivity index (χ3v) is 3.88.